The van der Waals surface area contributed by atoms with E-state index in [0.29, 0.717) is 0 Å². The van der Waals surface area contributed by atoms with Gasteiger partial charge in [0, 0.05) is 0 Å². The molecule has 0 heterocycles. The Balaban J connectivity index is 2.79. The Morgan fingerprint density at radius 1 is 1.29 bits per heavy atom. The van der Waals surface area contributed by atoms with Crippen molar-refractivity contribution < 1.29 is 0 Å². The number of hydrogen-bond acceptors (Lipinski definition) is 0. The first-order valence-corrected chi connectivity index (χ1v) is 4.76. The van der Waals surface area contributed by atoms with Crippen LogP contribution in [-0.4, -0.2) is 0 Å². The van der Waals surface area contributed by atoms with E-state index in [0.717, 1.165) is 12.0 Å². The molecule has 0 aromatic heterocycles. The van der Waals surface area contributed by atoms with Crippen molar-refractivity contribution in [3.8, 4) is 0 Å². The summed E-state index contributed by atoms with van der Waals surface area (Å²) in [6.45, 7) is 9.75. The lowest BCUT2D eigenvalue weighted by Gasteiger charge is -2.01. The summed E-state index contributed by atoms with van der Waals surface area (Å²) < 4.78 is 0. The van der Waals surface area contributed by atoms with E-state index in [1.165, 1.54) is 11.1 Å². The third-order valence-corrected chi connectivity index (χ3v) is 2.06. The number of hydrogen-bond donors (Lipinski definition) is 0. The molecule has 0 aliphatic rings. The number of allylic oxidation sites excluding steroid dienone is 4. The van der Waals surface area contributed by atoms with Crippen molar-refractivity contribution in [1.29, 1.82) is 0 Å². The van der Waals surface area contributed by atoms with E-state index in [2.05, 4.69) is 38.3 Å². The third kappa shape index (κ3) is 3.06. The lowest BCUT2D eigenvalue weighted by atomic mass is 10.0. The van der Waals surface area contributed by atoms with E-state index in [1.807, 2.05) is 24.3 Å². The van der Waals surface area contributed by atoms with Crippen molar-refractivity contribution in [3.05, 3.63) is 66.8 Å². The zero-order valence-corrected chi connectivity index (χ0v) is 8.66. The summed E-state index contributed by atoms with van der Waals surface area (Å²) in [7, 11) is 0. The summed E-state index contributed by atoms with van der Waals surface area (Å²) in [5.74, 6) is 0. The second-order valence-corrected chi connectivity index (χ2v) is 3.34. The molecule has 0 bridgehead atoms. The molecule has 0 N–H and O–H groups in total. The molecule has 0 fully saturated rings. The van der Waals surface area contributed by atoms with Crippen LogP contribution in [0, 0.1) is 0 Å². The van der Waals surface area contributed by atoms with E-state index in [4.69, 9.17) is 0 Å². The van der Waals surface area contributed by atoms with Crippen LogP contribution in [0.4, 0.5) is 0 Å². The average molecular weight is 184 g/mol. The predicted molar refractivity (Wildman–Crippen MR) is 64.0 cm³/mol. The first kappa shape index (κ1) is 10.5. The fourth-order valence-electron chi connectivity index (χ4n) is 1.33. The van der Waals surface area contributed by atoms with Gasteiger partial charge < -0.3 is 0 Å². The van der Waals surface area contributed by atoms with Crippen molar-refractivity contribution >= 4 is 5.57 Å². The van der Waals surface area contributed by atoms with Crippen LogP contribution in [0.5, 0.6) is 0 Å². The normalized spacial score (nSPS) is 11.1. The van der Waals surface area contributed by atoms with Gasteiger partial charge in [-0.25, -0.2) is 0 Å². The van der Waals surface area contributed by atoms with Gasteiger partial charge in [0.1, 0.15) is 0 Å². The number of benzene rings is 1. The Morgan fingerprint density at radius 3 is 2.50 bits per heavy atom. The van der Waals surface area contributed by atoms with Crippen LogP contribution >= 0.6 is 0 Å². The predicted octanol–water partition coefficient (Wildman–Crippen LogP) is 4.22. The molecule has 0 saturated carbocycles. The molecule has 14 heavy (non-hydrogen) atoms. The molecular formula is C14H16. The van der Waals surface area contributed by atoms with Gasteiger partial charge in [-0.1, -0.05) is 54.6 Å². The zero-order chi connectivity index (χ0) is 10.4. The van der Waals surface area contributed by atoms with Gasteiger partial charge in [-0.05, 0) is 24.5 Å². The molecule has 1 rings (SSSR count). The average Bonchev–Trinajstić information content (AvgIpc) is 2.19. The summed E-state index contributed by atoms with van der Waals surface area (Å²) in [5.41, 5.74) is 3.59. The molecular weight excluding hydrogens is 168 g/mol. The maximum absolute atomic E-state index is 3.96. The van der Waals surface area contributed by atoms with Crippen LogP contribution in [0.15, 0.2) is 61.2 Å². The van der Waals surface area contributed by atoms with Gasteiger partial charge in [0.25, 0.3) is 0 Å². The van der Waals surface area contributed by atoms with Crippen LogP contribution in [0.25, 0.3) is 5.57 Å². The van der Waals surface area contributed by atoms with Crippen LogP contribution in [0.1, 0.15) is 18.9 Å². The highest BCUT2D eigenvalue weighted by Gasteiger charge is 1.94. The quantitative estimate of drug-likeness (QED) is 0.485. The molecule has 0 spiro atoms. The Labute approximate surface area is 86.3 Å². The third-order valence-electron chi connectivity index (χ3n) is 2.06. The Bertz CT molecular complexity index is 342. The molecule has 0 unspecified atom stereocenters. The monoisotopic (exact) mass is 184 g/mol. The largest absolute Gasteiger partial charge is 0.103 e. The molecule has 0 nitrogen and oxygen atoms in total. The highest BCUT2D eigenvalue weighted by Crippen LogP contribution is 2.15. The molecule has 0 aliphatic heterocycles. The molecule has 0 saturated heterocycles. The Kier molecular flexibility index (Phi) is 3.93. The summed E-state index contributed by atoms with van der Waals surface area (Å²) in [6.07, 6.45) is 4.83. The maximum Gasteiger partial charge on any atom is -0.0106 e. The van der Waals surface area contributed by atoms with Crippen molar-refractivity contribution in [1.82, 2.24) is 0 Å². The highest BCUT2D eigenvalue weighted by molar-refractivity contribution is 5.66. The second kappa shape index (κ2) is 5.23. The van der Waals surface area contributed by atoms with Gasteiger partial charge in [-0.3, -0.25) is 0 Å². The van der Waals surface area contributed by atoms with E-state index in [-0.39, 0.29) is 0 Å². The van der Waals surface area contributed by atoms with Crippen LogP contribution in [0.2, 0.25) is 0 Å². The smallest absolute Gasteiger partial charge is 0.0106 e. The van der Waals surface area contributed by atoms with Gasteiger partial charge in [0.2, 0.25) is 0 Å². The summed E-state index contributed by atoms with van der Waals surface area (Å²) in [4.78, 5) is 0. The SMILES string of the molecule is C=CCC(=C)/C=C(\C)c1ccccc1. The minimum absolute atomic E-state index is 0.851. The van der Waals surface area contributed by atoms with Crippen molar-refractivity contribution in [2.45, 2.75) is 13.3 Å². The topological polar surface area (TPSA) is 0 Å². The molecule has 1 aromatic rings. The molecule has 1 aromatic carbocycles. The molecule has 72 valence electrons. The highest BCUT2D eigenvalue weighted by atomic mass is 14.0. The molecule has 0 heteroatoms. The van der Waals surface area contributed by atoms with Crippen LogP contribution < -0.4 is 0 Å². The molecule has 0 radical (unpaired) electrons. The van der Waals surface area contributed by atoms with E-state index in [9.17, 15) is 0 Å². The Morgan fingerprint density at radius 2 is 1.93 bits per heavy atom. The molecule has 0 amide bonds. The van der Waals surface area contributed by atoms with Gasteiger partial charge >= 0.3 is 0 Å². The second-order valence-electron chi connectivity index (χ2n) is 3.34. The minimum atomic E-state index is 0.851. The van der Waals surface area contributed by atoms with Crippen LogP contribution in [0.3, 0.4) is 0 Å². The van der Waals surface area contributed by atoms with Gasteiger partial charge in [-0.15, -0.1) is 6.58 Å². The summed E-state index contributed by atoms with van der Waals surface area (Å²) in [6, 6.07) is 10.3. The van der Waals surface area contributed by atoms with Crippen molar-refractivity contribution in [2.24, 2.45) is 0 Å². The number of rotatable bonds is 4. The lowest BCUT2D eigenvalue weighted by Crippen LogP contribution is -1.80. The van der Waals surface area contributed by atoms with Gasteiger partial charge in [0.15, 0.2) is 0 Å². The summed E-state index contributed by atoms with van der Waals surface area (Å²) >= 11 is 0. The molecule has 0 atom stereocenters. The first-order chi connectivity index (χ1) is 6.74. The molecule has 0 aliphatic carbocycles. The van der Waals surface area contributed by atoms with E-state index < -0.39 is 0 Å². The van der Waals surface area contributed by atoms with Crippen molar-refractivity contribution in [3.63, 3.8) is 0 Å². The standard InChI is InChI=1S/C14H16/c1-4-8-12(2)11-13(3)14-9-6-5-7-10-14/h4-7,9-11H,1-2,8H2,3H3/b13-11+. The zero-order valence-electron chi connectivity index (χ0n) is 8.66. The van der Waals surface area contributed by atoms with Crippen molar-refractivity contribution in [2.75, 3.05) is 0 Å². The van der Waals surface area contributed by atoms with Gasteiger partial charge in [-0.2, -0.15) is 0 Å². The van der Waals surface area contributed by atoms with E-state index >= 15 is 0 Å². The Hall–Kier alpha value is -1.56. The summed E-state index contributed by atoms with van der Waals surface area (Å²) in [5, 5.41) is 0. The lowest BCUT2D eigenvalue weighted by molar-refractivity contribution is 1.31. The fourth-order valence-corrected chi connectivity index (χ4v) is 1.33. The van der Waals surface area contributed by atoms with E-state index in [1.54, 1.807) is 0 Å². The minimum Gasteiger partial charge on any atom is -0.103 e. The first-order valence-electron chi connectivity index (χ1n) is 4.76. The van der Waals surface area contributed by atoms with Crippen LogP contribution in [-0.2, 0) is 0 Å². The van der Waals surface area contributed by atoms with Gasteiger partial charge in [0.05, 0.1) is 0 Å². The fraction of sp³-hybridized carbons (Fsp3) is 0.143. The maximum atomic E-state index is 3.96.